The third-order valence-electron chi connectivity index (χ3n) is 1.57. The maximum Gasteiger partial charge on any atom is 0.120 e. The molecule has 1 heterocycles. The summed E-state index contributed by atoms with van der Waals surface area (Å²) >= 11 is 5.79. The minimum Gasteiger partial charge on any atom is -0.308 e. The molecule has 2 N–H and O–H groups in total. The van der Waals surface area contributed by atoms with Crippen LogP contribution in [0.25, 0.3) is 0 Å². The van der Waals surface area contributed by atoms with Crippen molar-refractivity contribution in [2.45, 2.75) is 19.6 Å². The summed E-state index contributed by atoms with van der Waals surface area (Å²) < 4.78 is 0. The second-order valence-electron chi connectivity index (χ2n) is 3.61. The van der Waals surface area contributed by atoms with Crippen molar-refractivity contribution in [3.63, 3.8) is 0 Å². The molecule has 2 nitrogen and oxygen atoms in total. The molecular formula is C7H13ClN2Si. The summed E-state index contributed by atoms with van der Waals surface area (Å²) in [7, 11) is -1.20. The molecule has 1 aliphatic heterocycles. The molecule has 0 aromatic rings. The highest BCUT2D eigenvalue weighted by Crippen LogP contribution is 2.18. The smallest absolute Gasteiger partial charge is 0.120 e. The van der Waals surface area contributed by atoms with E-state index in [1.165, 1.54) is 5.20 Å². The van der Waals surface area contributed by atoms with E-state index in [1.54, 1.807) is 0 Å². The van der Waals surface area contributed by atoms with E-state index in [4.69, 9.17) is 11.6 Å². The van der Waals surface area contributed by atoms with E-state index in [2.05, 4.69) is 30.5 Å². The van der Waals surface area contributed by atoms with Gasteiger partial charge in [-0.05, 0) is 11.3 Å². The monoisotopic (exact) mass is 188 g/mol. The summed E-state index contributed by atoms with van der Waals surface area (Å²) in [6.45, 7) is 6.85. The Morgan fingerprint density at radius 1 is 1.36 bits per heavy atom. The molecule has 0 aliphatic carbocycles. The predicted molar refractivity (Wildman–Crippen MR) is 51.6 cm³/mol. The Morgan fingerprint density at radius 2 is 2.00 bits per heavy atom. The average molecular weight is 189 g/mol. The molecule has 4 heteroatoms. The lowest BCUT2D eigenvalue weighted by Gasteiger charge is -2.22. The first-order chi connectivity index (χ1) is 5.00. The zero-order chi connectivity index (χ0) is 8.48. The first-order valence-corrected chi connectivity index (χ1v) is 7.47. The largest absolute Gasteiger partial charge is 0.308 e. The molecule has 0 aromatic heterocycles. The van der Waals surface area contributed by atoms with E-state index in [0.717, 1.165) is 0 Å². The molecular weight excluding hydrogens is 176 g/mol. The van der Waals surface area contributed by atoms with Crippen LogP contribution < -0.4 is 10.9 Å². The second-order valence-corrected chi connectivity index (χ2v) is 9.10. The average Bonchev–Trinajstić information content (AvgIpc) is 1.86. The molecule has 0 spiro atoms. The number of rotatable bonds is 1. The highest BCUT2D eigenvalue weighted by atomic mass is 35.5. The minimum absolute atomic E-state index is 0.671. The van der Waals surface area contributed by atoms with Gasteiger partial charge in [0.25, 0.3) is 0 Å². The Hall–Kier alpha value is -0.413. The van der Waals surface area contributed by atoms with Gasteiger partial charge in [-0.15, -0.1) is 0 Å². The summed E-state index contributed by atoms with van der Waals surface area (Å²) in [4.78, 5) is 0. The van der Waals surface area contributed by atoms with Gasteiger partial charge in [-0.3, -0.25) is 5.43 Å². The van der Waals surface area contributed by atoms with E-state index in [1.807, 2.05) is 12.3 Å². The van der Waals surface area contributed by atoms with Crippen molar-refractivity contribution < 1.29 is 0 Å². The van der Waals surface area contributed by atoms with Crippen LogP contribution >= 0.6 is 11.6 Å². The van der Waals surface area contributed by atoms with E-state index < -0.39 is 8.07 Å². The van der Waals surface area contributed by atoms with Crippen LogP contribution in [0.2, 0.25) is 19.6 Å². The van der Waals surface area contributed by atoms with Gasteiger partial charge in [0.15, 0.2) is 0 Å². The van der Waals surface area contributed by atoms with E-state index in [0.29, 0.717) is 5.16 Å². The van der Waals surface area contributed by atoms with Crippen LogP contribution in [0.4, 0.5) is 0 Å². The van der Waals surface area contributed by atoms with Crippen LogP contribution in [-0.4, -0.2) is 8.07 Å². The summed E-state index contributed by atoms with van der Waals surface area (Å²) in [6.07, 6.45) is 3.97. The lowest BCUT2D eigenvalue weighted by molar-refractivity contribution is 0.749. The SMILES string of the molecule is C[Si](C)(C)C1=CNNC(Cl)=C1. The molecule has 11 heavy (non-hydrogen) atoms. The van der Waals surface area contributed by atoms with Gasteiger partial charge in [-0.1, -0.05) is 31.2 Å². The number of allylic oxidation sites excluding steroid dienone is 2. The van der Waals surface area contributed by atoms with Gasteiger partial charge in [-0.25, -0.2) is 0 Å². The molecule has 0 saturated heterocycles. The van der Waals surface area contributed by atoms with Gasteiger partial charge in [0.1, 0.15) is 5.16 Å². The molecule has 0 amide bonds. The highest BCUT2D eigenvalue weighted by Gasteiger charge is 2.19. The minimum atomic E-state index is -1.20. The quantitative estimate of drug-likeness (QED) is 0.486. The predicted octanol–water partition coefficient (Wildman–Crippen LogP) is 1.94. The fourth-order valence-electron chi connectivity index (χ4n) is 0.830. The summed E-state index contributed by atoms with van der Waals surface area (Å²) in [5.41, 5.74) is 5.72. The molecule has 0 bridgehead atoms. The summed E-state index contributed by atoms with van der Waals surface area (Å²) in [5, 5.41) is 2.01. The Bertz CT molecular complexity index is 215. The number of hydrogen-bond acceptors (Lipinski definition) is 2. The third-order valence-corrected chi connectivity index (χ3v) is 3.79. The van der Waals surface area contributed by atoms with Gasteiger partial charge in [0, 0.05) is 6.20 Å². The molecule has 0 saturated carbocycles. The topological polar surface area (TPSA) is 24.1 Å². The van der Waals surface area contributed by atoms with Crippen LogP contribution in [0.5, 0.6) is 0 Å². The molecule has 0 aromatic carbocycles. The van der Waals surface area contributed by atoms with Crippen molar-refractivity contribution in [3.05, 3.63) is 22.6 Å². The molecule has 1 aliphatic rings. The van der Waals surface area contributed by atoms with Crippen LogP contribution in [0.15, 0.2) is 22.6 Å². The van der Waals surface area contributed by atoms with Gasteiger partial charge in [0.05, 0.1) is 8.07 Å². The number of halogens is 1. The Kier molecular flexibility index (Phi) is 2.30. The number of hydrazine groups is 1. The molecule has 1 rings (SSSR count). The summed E-state index contributed by atoms with van der Waals surface area (Å²) in [6, 6.07) is 0. The molecule has 0 fully saturated rings. The van der Waals surface area contributed by atoms with E-state index in [9.17, 15) is 0 Å². The zero-order valence-electron chi connectivity index (χ0n) is 7.03. The van der Waals surface area contributed by atoms with E-state index >= 15 is 0 Å². The van der Waals surface area contributed by atoms with Crippen LogP contribution in [-0.2, 0) is 0 Å². The summed E-state index contributed by atoms with van der Waals surface area (Å²) in [5.74, 6) is 0. The fourth-order valence-corrected chi connectivity index (χ4v) is 2.18. The maximum atomic E-state index is 5.79. The van der Waals surface area contributed by atoms with Crippen LogP contribution in [0.1, 0.15) is 0 Å². The molecule has 62 valence electrons. The van der Waals surface area contributed by atoms with E-state index in [-0.39, 0.29) is 0 Å². The van der Waals surface area contributed by atoms with Gasteiger partial charge in [-0.2, -0.15) is 0 Å². The molecule has 0 radical (unpaired) electrons. The van der Waals surface area contributed by atoms with Crippen molar-refractivity contribution >= 4 is 19.7 Å². The second kappa shape index (κ2) is 2.91. The fraction of sp³-hybridized carbons (Fsp3) is 0.429. The maximum absolute atomic E-state index is 5.79. The van der Waals surface area contributed by atoms with Crippen molar-refractivity contribution in [1.29, 1.82) is 0 Å². The van der Waals surface area contributed by atoms with Gasteiger partial charge < -0.3 is 5.43 Å². The third kappa shape index (κ3) is 2.27. The molecule has 0 atom stereocenters. The van der Waals surface area contributed by atoms with Crippen molar-refractivity contribution in [2.24, 2.45) is 0 Å². The standard InChI is InChI=1S/C7H13ClN2Si/c1-11(2,3)6-4-7(8)10-9-5-6/h4-5,9-10H,1-3H3. The van der Waals surface area contributed by atoms with Gasteiger partial charge in [0.2, 0.25) is 0 Å². The van der Waals surface area contributed by atoms with Crippen molar-refractivity contribution in [1.82, 2.24) is 10.9 Å². The first kappa shape index (κ1) is 8.68. The Labute approximate surface area is 73.3 Å². The number of hydrogen-bond donors (Lipinski definition) is 2. The normalized spacial score (nSPS) is 17.8. The lowest BCUT2D eigenvalue weighted by atomic mass is 10.5. The lowest BCUT2D eigenvalue weighted by Crippen LogP contribution is -2.33. The Balaban J connectivity index is 2.82. The van der Waals surface area contributed by atoms with Crippen molar-refractivity contribution in [2.75, 3.05) is 0 Å². The number of nitrogens with one attached hydrogen (secondary N) is 2. The highest BCUT2D eigenvalue weighted by molar-refractivity contribution is 6.83. The van der Waals surface area contributed by atoms with Gasteiger partial charge >= 0.3 is 0 Å². The zero-order valence-corrected chi connectivity index (χ0v) is 8.79. The Morgan fingerprint density at radius 3 is 2.36 bits per heavy atom. The van der Waals surface area contributed by atoms with Crippen LogP contribution in [0.3, 0.4) is 0 Å². The van der Waals surface area contributed by atoms with Crippen LogP contribution in [0, 0.1) is 0 Å². The van der Waals surface area contributed by atoms with Crippen molar-refractivity contribution in [3.8, 4) is 0 Å². The molecule has 0 unspecified atom stereocenters. The first-order valence-electron chi connectivity index (χ1n) is 3.59.